The highest BCUT2D eigenvalue weighted by Gasteiger charge is 2.23. The van der Waals surface area contributed by atoms with Gasteiger partial charge in [-0.2, -0.15) is 0 Å². The van der Waals surface area contributed by atoms with E-state index in [1.165, 1.54) is 18.4 Å². The molecule has 3 rings (SSSR count). The van der Waals surface area contributed by atoms with Crippen LogP contribution in [0.25, 0.3) is 0 Å². The fourth-order valence-corrected chi connectivity index (χ4v) is 4.50. The molecule has 0 aliphatic carbocycles. The van der Waals surface area contributed by atoms with Gasteiger partial charge in [0, 0.05) is 43.8 Å². The molecule has 1 aromatic carbocycles. The van der Waals surface area contributed by atoms with Gasteiger partial charge in [-0.25, -0.2) is 18.1 Å². The summed E-state index contributed by atoms with van der Waals surface area (Å²) >= 11 is 1.51. The second kappa shape index (κ2) is 7.06. The van der Waals surface area contributed by atoms with Crippen molar-refractivity contribution in [1.29, 1.82) is 0 Å². The Morgan fingerprint density at radius 2 is 1.96 bits per heavy atom. The molecule has 0 spiro atoms. The molecule has 9 heteroatoms. The fourth-order valence-electron chi connectivity index (χ4n) is 2.82. The molecule has 1 saturated heterocycles. The summed E-state index contributed by atoms with van der Waals surface area (Å²) in [5.41, 5.74) is 6.43. The third kappa shape index (κ3) is 3.69. The van der Waals surface area contributed by atoms with Crippen LogP contribution in [0.4, 0.5) is 10.8 Å². The van der Waals surface area contributed by atoms with Crippen LogP contribution in [0.1, 0.15) is 4.88 Å². The summed E-state index contributed by atoms with van der Waals surface area (Å²) in [6.07, 6.45) is 1.82. The van der Waals surface area contributed by atoms with Gasteiger partial charge in [0.15, 0.2) is 5.13 Å². The zero-order valence-corrected chi connectivity index (χ0v) is 15.1. The number of anilines is 2. The smallest absolute Gasteiger partial charge is 0.242 e. The van der Waals surface area contributed by atoms with E-state index in [9.17, 15) is 8.42 Å². The average molecular weight is 368 g/mol. The third-order valence-electron chi connectivity index (χ3n) is 4.09. The van der Waals surface area contributed by atoms with E-state index in [2.05, 4.69) is 19.5 Å². The predicted molar refractivity (Wildman–Crippen MR) is 96.7 cm³/mol. The summed E-state index contributed by atoms with van der Waals surface area (Å²) in [6, 6.07) is 7.13. The molecule has 7 nitrogen and oxygen atoms in total. The number of nitrogens with one attached hydrogen (secondary N) is 1. The largest absolute Gasteiger partial charge is 0.375 e. The lowest BCUT2D eigenvalue weighted by Gasteiger charge is -2.36. The highest BCUT2D eigenvalue weighted by Crippen LogP contribution is 2.26. The van der Waals surface area contributed by atoms with Gasteiger partial charge in [0.1, 0.15) is 4.90 Å². The van der Waals surface area contributed by atoms with Crippen molar-refractivity contribution in [2.45, 2.75) is 11.4 Å². The first-order valence-corrected chi connectivity index (χ1v) is 9.99. The van der Waals surface area contributed by atoms with Crippen LogP contribution in [-0.4, -0.2) is 51.5 Å². The zero-order valence-electron chi connectivity index (χ0n) is 13.5. The van der Waals surface area contributed by atoms with Crippen molar-refractivity contribution in [1.82, 2.24) is 14.6 Å². The minimum atomic E-state index is -3.46. The summed E-state index contributed by atoms with van der Waals surface area (Å²) < 4.78 is 26.8. The van der Waals surface area contributed by atoms with Gasteiger partial charge in [0.2, 0.25) is 10.0 Å². The third-order valence-corrected chi connectivity index (χ3v) is 6.36. The topological polar surface area (TPSA) is 91.6 Å². The average Bonchev–Trinajstić information content (AvgIpc) is 3.00. The fraction of sp³-hybridized carbons (Fsp3) is 0.400. The van der Waals surface area contributed by atoms with E-state index in [0.717, 1.165) is 43.3 Å². The maximum Gasteiger partial charge on any atom is 0.242 e. The standard InChI is InChI=1S/C15H21N5O2S2/c1-17-24(21,22)14-5-3-2-4-13(14)20-8-6-19(7-9-20)11-12-10-18-15(16)23-12/h2-5,10,17H,6-9,11H2,1H3,(H2,16,18). The van der Waals surface area contributed by atoms with Crippen LogP contribution in [0.5, 0.6) is 0 Å². The number of nitrogen functional groups attached to an aromatic ring is 1. The summed E-state index contributed by atoms with van der Waals surface area (Å²) in [5.74, 6) is 0. The number of sulfonamides is 1. The van der Waals surface area contributed by atoms with E-state index in [0.29, 0.717) is 10.0 Å². The lowest BCUT2D eigenvalue weighted by molar-refractivity contribution is 0.251. The van der Waals surface area contributed by atoms with Crippen LogP contribution in [0.2, 0.25) is 0 Å². The van der Waals surface area contributed by atoms with E-state index >= 15 is 0 Å². The number of nitrogens with zero attached hydrogens (tertiary/aromatic N) is 3. The predicted octanol–water partition coefficient (Wildman–Crippen LogP) is 0.956. The first-order chi connectivity index (χ1) is 11.5. The van der Waals surface area contributed by atoms with Gasteiger partial charge in [-0.05, 0) is 19.2 Å². The Labute approximate surface area is 146 Å². The highest BCUT2D eigenvalue weighted by molar-refractivity contribution is 7.89. The number of piperazine rings is 1. The lowest BCUT2D eigenvalue weighted by Crippen LogP contribution is -2.46. The number of hydrogen-bond acceptors (Lipinski definition) is 7. The molecular formula is C15H21N5O2S2. The zero-order chi connectivity index (χ0) is 17.2. The molecule has 3 N–H and O–H groups in total. The molecule has 1 fully saturated rings. The number of rotatable bonds is 5. The van der Waals surface area contributed by atoms with Gasteiger partial charge in [0.25, 0.3) is 0 Å². The van der Waals surface area contributed by atoms with E-state index in [1.807, 2.05) is 18.3 Å². The molecular weight excluding hydrogens is 346 g/mol. The first-order valence-electron chi connectivity index (χ1n) is 7.69. The molecule has 0 saturated carbocycles. The summed E-state index contributed by atoms with van der Waals surface area (Å²) in [6.45, 7) is 4.13. The quantitative estimate of drug-likeness (QED) is 0.818. The molecule has 0 amide bonds. The lowest BCUT2D eigenvalue weighted by atomic mass is 10.2. The summed E-state index contributed by atoms with van der Waals surface area (Å²) in [4.78, 5) is 10.0. The Morgan fingerprint density at radius 3 is 2.58 bits per heavy atom. The minimum Gasteiger partial charge on any atom is -0.375 e. The Hall–Kier alpha value is -1.68. The van der Waals surface area contributed by atoms with Gasteiger partial charge in [-0.1, -0.05) is 12.1 Å². The van der Waals surface area contributed by atoms with Crippen molar-refractivity contribution in [3.63, 3.8) is 0 Å². The maximum absolute atomic E-state index is 12.2. The molecule has 0 bridgehead atoms. The molecule has 130 valence electrons. The van der Waals surface area contributed by atoms with Crippen LogP contribution in [0, 0.1) is 0 Å². The Bertz CT molecular complexity index is 798. The van der Waals surface area contributed by atoms with Gasteiger partial charge in [0.05, 0.1) is 5.69 Å². The Kier molecular flexibility index (Phi) is 5.04. The van der Waals surface area contributed by atoms with Crippen molar-refractivity contribution in [3.8, 4) is 0 Å². The molecule has 1 aliphatic heterocycles. The highest BCUT2D eigenvalue weighted by atomic mass is 32.2. The van der Waals surface area contributed by atoms with Gasteiger partial charge in [-0.3, -0.25) is 4.90 Å². The maximum atomic E-state index is 12.2. The second-order valence-corrected chi connectivity index (χ2v) is 8.61. The first kappa shape index (κ1) is 17.2. The van der Waals surface area contributed by atoms with Crippen molar-refractivity contribution in [2.24, 2.45) is 0 Å². The van der Waals surface area contributed by atoms with E-state index in [-0.39, 0.29) is 0 Å². The normalized spacial score (nSPS) is 16.5. The van der Waals surface area contributed by atoms with Crippen molar-refractivity contribution in [2.75, 3.05) is 43.9 Å². The van der Waals surface area contributed by atoms with Crippen LogP contribution >= 0.6 is 11.3 Å². The number of aromatic nitrogens is 1. The van der Waals surface area contributed by atoms with Gasteiger partial charge in [-0.15, -0.1) is 11.3 Å². The molecule has 1 aliphatic rings. The molecule has 2 aromatic rings. The van der Waals surface area contributed by atoms with Crippen LogP contribution in [-0.2, 0) is 16.6 Å². The van der Waals surface area contributed by atoms with Gasteiger partial charge >= 0.3 is 0 Å². The van der Waals surface area contributed by atoms with Crippen molar-refractivity contribution in [3.05, 3.63) is 35.3 Å². The van der Waals surface area contributed by atoms with Crippen molar-refractivity contribution >= 4 is 32.2 Å². The van der Waals surface area contributed by atoms with Crippen LogP contribution in [0.15, 0.2) is 35.4 Å². The van der Waals surface area contributed by atoms with Crippen molar-refractivity contribution < 1.29 is 8.42 Å². The monoisotopic (exact) mass is 367 g/mol. The molecule has 1 aromatic heterocycles. The number of para-hydroxylation sites is 1. The van der Waals surface area contributed by atoms with E-state index in [1.54, 1.807) is 12.1 Å². The Balaban J connectivity index is 1.69. The number of benzene rings is 1. The van der Waals surface area contributed by atoms with Crippen LogP contribution in [0.3, 0.4) is 0 Å². The van der Waals surface area contributed by atoms with E-state index < -0.39 is 10.0 Å². The van der Waals surface area contributed by atoms with E-state index in [4.69, 9.17) is 5.73 Å². The number of thiazole rings is 1. The molecule has 24 heavy (non-hydrogen) atoms. The molecule has 2 heterocycles. The Morgan fingerprint density at radius 1 is 1.25 bits per heavy atom. The van der Waals surface area contributed by atoms with Crippen LogP contribution < -0.4 is 15.4 Å². The minimum absolute atomic E-state index is 0.330. The number of nitrogens with two attached hydrogens (primary N) is 1. The molecule has 0 unspecified atom stereocenters. The summed E-state index contributed by atoms with van der Waals surface area (Å²) in [5, 5.41) is 0.592. The molecule has 0 atom stereocenters. The molecule has 0 radical (unpaired) electrons. The SMILES string of the molecule is CNS(=O)(=O)c1ccccc1N1CCN(Cc2cnc(N)s2)CC1. The number of hydrogen-bond donors (Lipinski definition) is 2. The van der Waals surface area contributed by atoms with Gasteiger partial charge < -0.3 is 10.6 Å². The second-order valence-electron chi connectivity index (χ2n) is 5.60. The summed E-state index contributed by atoms with van der Waals surface area (Å²) in [7, 11) is -2.03.